The normalized spacial score (nSPS) is 10.8. The summed E-state index contributed by atoms with van der Waals surface area (Å²) in [5, 5.41) is 9.01. The summed E-state index contributed by atoms with van der Waals surface area (Å²) in [6, 6.07) is 5.56. The molecule has 0 radical (unpaired) electrons. The van der Waals surface area contributed by atoms with Crippen LogP contribution in [0.15, 0.2) is 24.3 Å². The van der Waals surface area contributed by atoms with E-state index in [4.69, 9.17) is 0 Å². The van der Waals surface area contributed by atoms with Crippen LogP contribution in [0.25, 0.3) is 10.8 Å². The van der Waals surface area contributed by atoms with Crippen LogP contribution in [0.3, 0.4) is 0 Å². The van der Waals surface area contributed by atoms with E-state index in [1.165, 1.54) is 24.3 Å². The van der Waals surface area contributed by atoms with Crippen LogP contribution in [0.1, 0.15) is 0 Å². The summed E-state index contributed by atoms with van der Waals surface area (Å²) in [5.74, 6) is -5.35. The summed E-state index contributed by atoms with van der Waals surface area (Å²) in [7, 11) is 0. The van der Waals surface area contributed by atoms with E-state index in [2.05, 4.69) is 0 Å². The molecule has 0 heterocycles. The zero-order valence-corrected chi connectivity index (χ0v) is 6.89. The van der Waals surface area contributed by atoms with Gasteiger partial charge in [0.05, 0.1) is 0 Å². The van der Waals surface area contributed by atoms with Gasteiger partial charge in [-0.15, -0.1) is 0 Å². The van der Waals surface area contributed by atoms with Gasteiger partial charge in [0.25, 0.3) is 0 Å². The smallest absolute Gasteiger partial charge is 0.204 e. The molecule has 0 amide bonds. The van der Waals surface area contributed by atoms with Crippen LogP contribution in [-0.4, -0.2) is 5.11 Å². The third-order valence-corrected chi connectivity index (χ3v) is 2.01. The molecule has 0 aromatic heterocycles. The van der Waals surface area contributed by atoms with Gasteiger partial charge in [0, 0.05) is 10.8 Å². The summed E-state index contributed by atoms with van der Waals surface area (Å²) in [6.07, 6.45) is 0. The van der Waals surface area contributed by atoms with Gasteiger partial charge in [-0.3, -0.25) is 0 Å². The molecule has 0 saturated heterocycles. The van der Waals surface area contributed by atoms with Gasteiger partial charge in [0.1, 0.15) is 0 Å². The lowest BCUT2D eigenvalue weighted by atomic mass is 10.1. The molecule has 0 fully saturated rings. The lowest BCUT2D eigenvalue weighted by molar-refractivity contribution is 0.395. The zero-order chi connectivity index (χ0) is 10.3. The average molecular weight is 198 g/mol. The van der Waals surface area contributed by atoms with Gasteiger partial charge in [0.2, 0.25) is 5.82 Å². The summed E-state index contributed by atoms with van der Waals surface area (Å²) in [4.78, 5) is 0. The second-order valence-electron chi connectivity index (χ2n) is 2.84. The lowest BCUT2D eigenvalue weighted by Crippen LogP contribution is -1.93. The summed E-state index contributed by atoms with van der Waals surface area (Å²) in [5.41, 5.74) is 0. The van der Waals surface area contributed by atoms with E-state index in [1.807, 2.05) is 0 Å². The first-order valence-electron chi connectivity index (χ1n) is 3.87. The number of hydrogen-bond donors (Lipinski definition) is 1. The van der Waals surface area contributed by atoms with Crippen LogP contribution >= 0.6 is 0 Å². The molecule has 0 aliphatic rings. The Morgan fingerprint density at radius 1 is 0.786 bits per heavy atom. The molecule has 72 valence electrons. The van der Waals surface area contributed by atoms with Crippen molar-refractivity contribution in [3.05, 3.63) is 41.7 Å². The van der Waals surface area contributed by atoms with Crippen LogP contribution in [0.5, 0.6) is 5.75 Å². The average Bonchev–Trinajstić information content (AvgIpc) is 2.23. The zero-order valence-electron chi connectivity index (χ0n) is 6.89. The number of phenolic OH excluding ortho intramolecular Hbond substituents is 1. The Balaban J connectivity index is 3.02. The number of hydrogen-bond acceptors (Lipinski definition) is 1. The van der Waals surface area contributed by atoms with Crippen LogP contribution in [0.2, 0.25) is 0 Å². The van der Waals surface area contributed by atoms with Crippen molar-refractivity contribution in [1.29, 1.82) is 0 Å². The van der Waals surface area contributed by atoms with E-state index in [1.54, 1.807) is 0 Å². The highest BCUT2D eigenvalue weighted by molar-refractivity contribution is 5.88. The number of fused-ring (bicyclic) bond motifs is 1. The van der Waals surface area contributed by atoms with Crippen molar-refractivity contribution in [2.24, 2.45) is 0 Å². The van der Waals surface area contributed by atoms with Gasteiger partial charge < -0.3 is 5.11 Å². The third-order valence-electron chi connectivity index (χ3n) is 2.01. The molecule has 0 saturated carbocycles. The number of halogens is 3. The van der Waals surface area contributed by atoms with Crippen LogP contribution in [0, 0.1) is 17.5 Å². The summed E-state index contributed by atoms with van der Waals surface area (Å²) < 4.78 is 38.8. The molecule has 0 atom stereocenters. The van der Waals surface area contributed by atoms with Crippen LogP contribution < -0.4 is 0 Å². The molecule has 1 N–H and O–H groups in total. The summed E-state index contributed by atoms with van der Waals surface area (Å²) in [6.45, 7) is 0. The van der Waals surface area contributed by atoms with Crippen molar-refractivity contribution in [1.82, 2.24) is 0 Å². The Bertz CT molecular complexity index is 462. The molecule has 0 aliphatic heterocycles. The fourth-order valence-corrected chi connectivity index (χ4v) is 1.32. The minimum atomic E-state index is -1.65. The summed E-state index contributed by atoms with van der Waals surface area (Å²) >= 11 is 0. The van der Waals surface area contributed by atoms with Gasteiger partial charge in [-0.25, -0.2) is 8.78 Å². The molecular weight excluding hydrogens is 193 g/mol. The maximum Gasteiger partial charge on any atom is 0.204 e. The SMILES string of the molecule is Oc1c(F)c(F)c(F)c2ccccc12. The molecular formula is C10H5F3O. The van der Waals surface area contributed by atoms with E-state index in [-0.39, 0.29) is 10.8 Å². The van der Waals surface area contributed by atoms with Gasteiger partial charge >= 0.3 is 0 Å². The van der Waals surface area contributed by atoms with Crippen LogP contribution in [0.4, 0.5) is 13.2 Å². The fourth-order valence-electron chi connectivity index (χ4n) is 1.32. The van der Waals surface area contributed by atoms with E-state index in [0.29, 0.717) is 0 Å². The van der Waals surface area contributed by atoms with Crippen molar-refractivity contribution >= 4 is 10.8 Å². The Labute approximate surface area is 77.4 Å². The first-order valence-corrected chi connectivity index (χ1v) is 3.87. The second-order valence-corrected chi connectivity index (χ2v) is 2.84. The molecule has 0 aliphatic carbocycles. The molecule has 0 spiro atoms. The highest BCUT2D eigenvalue weighted by Crippen LogP contribution is 2.31. The largest absolute Gasteiger partial charge is 0.504 e. The number of rotatable bonds is 0. The Morgan fingerprint density at radius 2 is 1.36 bits per heavy atom. The van der Waals surface area contributed by atoms with E-state index < -0.39 is 23.2 Å². The van der Waals surface area contributed by atoms with E-state index in [0.717, 1.165) is 0 Å². The topological polar surface area (TPSA) is 20.2 Å². The van der Waals surface area contributed by atoms with E-state index in [9.17, 15) is 18.3 Å². The third kappa shape index (κ3) is 1.04. The number of phenols is 1. The molecule has 2 aromatic rings. The lowest BCUT2D eigenvalue weighted by Gasteiger charge is -2.04. The molecule has 2 aromatic carbocycles. The highest BCUT2D eigenvalue weighted by atomic mass is 19.2. The molecule has 1 nitrogen and oxygen atoms in total. The number of benzene rings is 2. The number of aromatic hydroxyl groups is 1. The van der Waals surface area contributed by atoms with Gasteiger partial charge in [-0.2, -0.15) is 4.39 Å². The minimum Gasteiger partial charge on any atom is -0.504 e. The standard InChI is InChI=1S/C10H5F3O/c11-7-5-3-1-2-4-6(5)10(14)9(13)8(7)12/h1-4,14H. The minimum absolute atomic E-state index is 0.0381. The molecule has 0 unspecified atom stereocenters. The van der Waals surface area contributed by atoms with Crippen LogP contribution in [-0.2, 0) is 0 Å². The van der Waals surface area contributed by atoms with Crippen molar-refractivity contribution in [2.45, 2.75) is 0 Å². The van der Waals surface area contributed by atoms with Crippen molar-refractivity contribution in [3.63, 3.8) is 0 Å². The highest BCUT2D eigenvalue weighted by Gasteiger charge is 2.18. The van der Waals surface area contributed by atoms with Crippen molar-refractivity contribution in [3.8, 4) is 5.75 Å². The first kappa shape index (κ1) is 8.87. The maximum atomic E-state index is 13.1. The van der Waals surface area contributed by atoms with E-state index >= 15 is 0 Å². The Kier molecular flexibility index (Phi) is 1.84. The molecule has 14 heavy (non-hydrogen) atoms. The molecule has 0 bridgehead atoms. The van der Waals surface area contributed by atoms with Gasteiger partial charge in [0.15, 0.2) is 17.4 Å². The van der Waals surface area contributed by atoms with Crippen molar-refractivity contribution < 1.29 is 18.3 Å². The molecule has 4 heteroatoms. The molecule has 2 rings (SSSR count). The first-order chi connectivity index (χ1) is 6.63. The predicted octanol–water partition coefficient (Wildman–Crippen LogP) is 2.96. The Hall–Kier alpha value is -1.71. The second kappa shape index (κ2) is 2.90. The predicted molar refractivity (Wildman–Crippen MR) is 45.5 cm³/mol. The fraction of sp³-hybridized carbons (Fsp3) is 0. The van der Waals surface area contributed by atoms with Gasteiger partial charge in [-0.1, -0.05) is 24.3 Å². The van der Waals surface area contributed by atoms with Crippen molar-refractivity contribution in [2.75, 3.05) is 0 Å². The quantitative estimate of drug-likeness (QED) is 0.645. The maximum absolute atomic E-state index is 13.1. The van der Waals surface area contributed by atoms with Gasteiger partial charge in [-0.05, 0) is 0 Å². The Morgan fingerprint density at radius 3 is 2.00 bits per heavy atom. The monoisotopic (exact) mass is 198 g/mol.